The lowest BCUT2D eigenvalue weighted by molar-refractivity contribution is 0.0559. The highest BCUT2D eigenvalue weighted by atomic mass is 19.1. The number of amides is 1. The number of aliphatic hydroxyl groups is 1. The van der Waals surface area contributed by atoms with Gasteiger partial charge in [0.25, 0.3) is 0 Å². The van der Waals surface area contributed by atoms with E-state index < -0.39 is 36.1 Å². The molecule has 0 saturated heterocycles. The van der Waals surface area contributed by atoms with E-state index in [0.29, 0.717) is 0 Å². The minimum absolute atomic E-state index is 0.0616. The Balaban J connectivity index is 2.95. The molecule has 0 spiro atoms. The lowest BCUT2D eigenvalue weighted by Crippen LogP contribution is -2.45. The third kappa shape index (κ3) is 6.38. The predicted molar refractivity (Wildman–Crippen MR) is 89.1 cm³/mol. The zero-order chi connectivity index (χ0) is 19.2. The van der Waals surface area contributed by atoms with Crippen LogP contribution in [-0.4, -0.2) is 47.5 Å². The highest BCUT2D eigenvalue weighted by Gasteiger charge is 2.21. The van der Waals surface area contributed by atoms with Gasteiger partial charge in [-0.2, -0.15) is 0 Å². The fraction of sp³-hybridized carbons (Fsp3) is 0.438. The standard InChI is InChI=1S/C16H22FN3O5/c1-16(2,3)25-15(24)20-14(18-4)19-12(8-21)10-7-9(13(22)23)5-6-11(10)17/h5-7,12,21H,8H2,1-4H3,(H,22,23)(H2,18,19,20,24). The Bertz CT molecular complexity index is 670. The number of rotatable bonds is 4. The summed E-state index contributed by atoms with van der Waals surface area (Å²) in [5.41, 5.74) is -0.928. The number of aliphatic hydroxyl groups excluding tert-OH is 1. The van der Waals surface area contributed by atoms with Gasteiger partial charge in [0.05, 0.1) is 18.2 Å². The van der Waals surface area contributed by atoms with Crippen molar-refractivity contribution in [3.05, 3.63) is 35.1 Å². The molecule has 8 nitrogen and oxygen atoms in total. The number of nitrogens with zero attached hydrogens (tertiary/aromatic N) is 1. The highest BCUT2D eigenvalue weighted by molar-refractivity contribution is 5.94. The molecule has 1 atom stereocenters. The molecule has 1 unspecified atom stereocenters. The summed E-state index contributed by atoms with van der Waals surface area (Å²) >= 11 is 0. The first kappa shape index (κ1) is 20.4. The Labute approximate surface area is 144 Å². The number of carbonyl (C=O) groups excluding carboxylic acids is 1. The van der Waals surface area contributed by atoms with E-state index in [0.717, 1.165) is 18.2 Å². The van der Waals surface area contributed by atoms with E-state index in [1.807, 2.05) is 0 Å². The lowest BCUT2D eigenvalue weighted by Gasteiger charge is -2.23. The monoisotopic (exact) mass is 355 g/mol. The van der Waals surface area contributed by atoms with Gasteiger partial charge in [0.1, 0.15) is 11.4 Å². The summed E-state index contributed by atoms with van der Waals surface area (Å²) in [5, 5.41) is 23.5. The van der Waals surface area contributed by atoms with E-state index in [9.17, 15) is 19.1 Å². The van der Waals surface area contributed by atoms with Gasteiger partial charge >= 0.3 is 12.1 Å². The van der Waals surface area contributed by atoms with Crippen molar-refractivity contribution in [3.8, 4) is 0 Å². The minimum atomic E-state index is -1.23. The van der Waals surface area contributed by atoms with E-state index >= 15 is 0 Å². The predicted octanol–water partition coefficient (Wildman–Crippen LogP) is 1.66. The number of hydrogen-bond acceptors (Lipinski definition) is 5. The highest BCUT2D eigenvalue weighted by Crippen LogP contribution is 2.19. The number of aliphatic imine (C=N–C) groups is 1. The van der Waals surface area contributed by atoms with Crippen LogP contribution in [0.2, 0.25) is 0 Å². The van der Waals surface area contributed by atoms with Gasteiger partial charge in [-0.05, 0) is 39.0 Å². The first-order valence-corrected chi connectivity index (χ1v) is 7.44. The second-order valence-corrected chi connectivity index (χ2v) is 6.12. The van der Waals surface area contributed by atoms with Crippen molar-refractivity contribution >= 4 is 18.0 Å². The molecule has 0 aliphatic carbocycles. The summed E-state index contributed by atoms with van der Waals surface area (Å²) < 4.78 is 19.1. The number of aromatic carboxylic acids is 1. The van der Waals surface area contributed by atoms with Crippen LogP contribution < -0.4 is 10.6 Å². The zero-order valence-corrected chi connectivity index (χ0v) is 14.5. The van der Waals surface area contributed by atoms with Crippen molar-refractivity contribution in [3.63, 3.8) is 0 Å². The molecule has 25 heavy (non-hydrogen) atoms. The topological polar surface area (TPSA) is 120 Å². The molecule has 0 bridgehead atoms. The first-order chi connectivity index (χ1) is 11.6. The van der Waals surface area contributed by atoms with E-state index in [4.69, 9.17) is 9.84 Å². The first-order valence-electron chi connectivity index (χ1n) is 7.44. The SMILES string of the molecule is CN=C(NC(=O)OC(C)(C)C)NC(CO)c1cc(C(=O)O)ccc1F. The van der Waals surface area contributed by atoms with E-state index in [1.165, 1.54) is 7.05 Å². The molecule has 1 amide bonds. The van der Waals surface area contributed by atoms with Gasteiger partial charge in [0, 0.05) is 12.6 Å². The largest absolute Gasteiger partial charge is 0.478 e. The number of guanidine groups is 1. The van der Waals surface area contributed by atoms with Crippen LogP contribution in [0, 0.1) is 5.82 Å². The number of alkyl carbamates (subject to hydrolysis) is 1. The second-order valence-electron chi connectivity index (χ2n) is 6.12. The molecule has 0 fully saturated rings. The number of nitrogens with one attached hydrogen (secondary N) is 2. The average Bonchev–Trinajstić information content (AvgIpc) is 2.50. The van der Waals surface area contributed by atoms with Crippen LogP contribution in [0.4, 0.5) is 9.18 Å². The van der Waals surface area contributed by atoms with Gasteiger partial charge in [-0.3, -0.25) is 10.3 Å². The van der Waals surface area contributed by atoms with Crippen molar-refractivity contribution in [1.82, 2.24) is 10.6 Å². The molecule has 0 aromatic heterocycles. The summed E-state index contributed by atoms with van der Waals surface area (Å²) in [6.07, 6.45) is -0.781. The van der Waals surface area contributed by atoms with Gasteiger partial charge in [0.2, 0.25) is 5.96 Å². The number of halogens is 1. The van der Waals surface area contributed by atoms with Gasteiger partial charge in [-0.15, -0.1) is 0 Å². The molecule has 4 N–H and O–H groups in total. The normalized spacial score (nSPS) is 13.1. The van der Waals surface area contributed by atoms with Crippen LogP contribution in [0.5, 0.6) is 0 Å². The Kier molecular flexibility index (Phi) is 6.86. The smallest absolute Gasteiger partial charge is 0.414 e. The Morgan fingerprint density at radius 2 is 2.00 bits per heavy atom. The van der Waals surface area contributed by atoms with Crippen LogP contribution in [0.1, 0.15) is 42.7 Å². The van der Waals surface area contributed by atoms with Crippen molar-refractivity contribution in [1.29, 1.82) is 0 Å². The molecule has 0 radical (unpaired) electrons. The number of carbonyl (C=O) groups is 2. The van der Waals surface area contributed by atoms with Crippen LogP contribution in [0.25, 0.3) is 0 Å². The number of ether oxygens (including phenoxy) is 1. The van der Waals surface area contributed by atoms with E-state index in [2.05, 4.69) is 15.6 Å². The fourth-order valence-corrected chi connectivity index (χ4v) is 1.89. The van der Waals surface area contributed by atoms with Crippen LogP contribution in [-0.2, 0) is 4.74 Å². The molecule has 0 heterocycles. The van der Waals surface area contributed by atoms with Crippen molar-refractivity contribution in [2.75, 3.05) is 13.7 Å². The number of hydrogen-bond donors (Lipinski definition) is 4. The Morgan fingerprint density at radius 3 is 2.48 bits per heavy atom. The van der Waals surface area contributed by atoms with Crippen LogP contribution >= 0.6 is 0 Å². The zero-order valence-electron chi connectivity index (χ0n) is 14.5. The van der Waals surface area contributed by atoms with Crippen molar-refractivity contribution < 1.29 is 28.9 Å². The van der Waals surface area contributed by atoms with Crippen LogP contribution in [0.15, 0.2) is 23.2 Å². The van der Waals surface area contributed by atoms with Crippen molar-refractivity contribution in [2.45, 2.75) is 32.4 Å². The maximum absolute atomic E-state index is 14.0. The molecule has 0 aliphatic rings. The maximum atomic E-state index is 14.0. The quantitative estimate of drug-likeness (QED) is 0.482. The molecule has 1 aromatic rings. The van der Waals surface area contributed by atoms with Crippen LogP contribution in [0.3, 0.4) is 0 Å². The third-order valence-electron chi connectivity index (χ3n) is 2.95. The molecular formula is C16H22FN3O5. The van der Waals surface area contributed by atoms with Gasteiger partial charge in [-0.1, -0.05) is 0 Å². The fourth-order valence-electron chi connectivity index (χ4n) is 1.89. The van der Waals surface area contributed by atoms with E-state index in [-0.39, 0.29) is 17.1 Å². The number of carboxylic acids is 1. The summed E-state index contributed by atoms with van der Waals surface area (Å²) in [6, 6.07) is 2.19. The Morgan fingerprint density at radius 1 is 1.36 bits per heavy atom. The van der Waals surface area contributed by atoms with E-state index in [1.54, 1.807) is 20.8 Å². The number of carboxylic acid groups (broad SMARTS) is 1. The number of benzene rings is 1. The van der Waals surface area contributed by atoms with Gasteiger partial charge in [0.15, 0.2) is 0 Å². The molecule has 1 aromatic carbocycles. The molecule has 138 valence electrons. The lowest BCUT2D eigenvalue weighted by atomic mass is 10.0. The summed E-state index contributed by atoms with van der Waals surface area (Å²) in [4.78, 5) is 26.6. The third-order valence-corrected chi connectivity index (χ3v) is 2.95. The second kappa shape index (κ2) is 8.43. The molecule has 9 heteroatoms. The summed E-state index contributed by atoms with van der Waals surface area (Å²) in [6.45, 7) is 4.50. The molecule has 0 saturated carbocycles. The Hall–Kier alpha value is -2.68. The van der Waals surface area contributed by atoms with Crippen molar-refractivity contribution in [2.24, 2.45) is 4.99 Å². The molecule has 1 rings (SSSR count). The maximum Gasteiger partial charge on any atom is 0.414 e. The van der Waals surface area contributed by atoms with Gasteiger partial charge < -0.3 is 20.3 Å². The summed E-state index contributed by atoms with van der Waals surface area (Å²) in [5.74, 6) is -1.99. The summed E-state index contributed by atoms with van der Waals surface area (Å²) in [7, 11) is 1.37. The minimum Gasteiger partial charge on any atom is -0.478 e. The average molecular weight is 355 g/mol. The van der Waals surface area contributed by atoms with Gasteiger partial charge in [-0.25, -0.2) is 14.0 Å². The molecular weight excluding hydrogens is 333 g/mol. The molecule has 0 aliphatic heterocycles.